The van der Waals surface area contributed by atoms with Crippen LogP contribution in [-0.4, -0.2) is 14.2 Å². The number of rotatable bonds is 3. The van der Waals surface area contributed by atoms with E-state index in [2.05, 4.69) is 20.8 Å². The van der Waals surface area contributed by atoms with E-state index in [1.165, 1.54) is 12.0 Å². The highest BCUT2D eigenvalue weighted by atomic mass is 16.5. The Labute approximate surface area is 93.2 Å². The zero-order valence-electron chi connectivity index (χ0n) is 10.5. The van der Waals surface area contributed by atoms with Gasteiger partial charge >= 0.3 is 0 Å². The molecule has 0 radical (unpaired) electrons. The maximum absolute atomic E-state index is 5.20. The summed E-state index contributed by atoms with van der Waals surface area (Å²) in [7, 11) is 3.33. The van der Waals surface area contributed by atoms with Crippen molar-refractivity contribution in [3.05, 3.63) is 23.8 Å². The van der Waals surface area contributed by atoms with E-state index in [0.29, 0.717) is 0 Å². The molecule has 15 heavy (non-hydrogen) atoms. The molecule has 2 heteroatoms. The van der Waals surface area contributed by atoms with Crippen molar-refractivity contribution in [1.82, 2.24) is 0 Å². The topological polar surface area (TPSA) is 18.5 Å². The monoisotopic (exact) mass is 210 g/mol. The van der Waals surface area contributed by atoms with Crippen LogP contribution in [0.3, 0.4) is 0 Å². The first-order valence-corrected chi connectivity index (χ1v) is 5.44. The van der Waals surface area contributed by atoms with E-state index in [0.717, 1.165) is 17.9 Å². The van der Waals surface area contributed by atoms with E-state index in [1.807, 2.05) is 18.2 Å². The van der Waals surface area contributed by atoms with Crippen molar-refractivity contribution in [2.45, 2.75) is 33.6 Å². The molecule has 0 saturated heterocycles. The molecule has 1 aromatic carbocycles. The molecule has 0 bridgehead atoms. The fourth-order valence-corrected chi connectivity index (χ4v) is 1.14. The molecule has 0 atom stereocenters. The van der Waals surface area contributed by atoms with Gasteiger partial charge in [0.15, 0.2) is 0 Å². The van der Waals surface area contributed by atoms with Crippen LogP contribution in [0, 0.1) is 0 Å². The molecule has 0 N–H and O–H groups in total. The van der Waals surface area contributed by atoms with E-state index in [1.54, 1.807) is 14.2 Å². The number of aryl methyl sites for hydroxylation is 1. The van der Waals surface area contributed by atoms with Gasteiger partial charge in [-0.2, -0.15) is 0 Å². The Hall–Kier alpha value is -1.18. The van der Waals surface area contributed by atoms with Gasteiger partial charge in [-0.3, -0.25) is 0 Å². The Morgan fingerprint density at radius 3 is 2.00 bits per heavy atom. The minimum atomic E-state index is 0.837. The number of ether oxygens (including phenoxy) is 2. The first kappa shape index (κ1) is 13.8. The van der Waals surface area contributed by atoms with Crippen LogP contribution in [0.15, 0.2) is 18.2 Å². The van der Waals surface area contributed by atoms with Crippen LogP contribution in [0.4, 0.5) is 0 Å². The molecule has 0 aliphatic heterocycles. The van der Waals surface area contributed by atoms with Gasteiger partial charge in [0.1, 0.15) is 11.5 Å². The Bertz CT molecular complexity index is 269. The summed E-state index contributed by atoms with van der Waals surface area (Å²) >= 11 is 0. The van der Waals surface area contributed by atoms with E-state index in [9.17, 15) is 0 Å². The second-order valence-corrected chi connectivity index (χ2v) is 3.24. The van der Waals surface area contributed by atoms with Gasteiger partial charge in [0.2, 0.25) is 0 Å². The first-order valence-electron chi connectivity index (χ1n) is 5.44. The summed E-state index contributed by atoms with van der Waals surface area (Å²) in [6.07, 6.45) is 2.23. The normalized spacial score (nSPS) is 8.87. The highest BCUT2D eigenvalue weighted by Gasteiger charge is 2.01. The van der Waals surface area contributed by atoms with Gasteiger partial charge in [-0.1, -0.05) is 33.3 Å². The third-order valence-electron chi connectivity index (χ3n) is 1.88. The van der Waals surface area contributed by atoms with Crippen molar-refractivity contribution < 1.29 is 9.47 Å². The minimum absolute atomic E-state index is 0.837. The Balaban J connectivity index is 0.000000583. The first-order chi connectivity index (χ1) is 7.23. The van der Waals surface area contributed by atoms with E-state index in [4.69, 9.17) is 9.47 Å². The van der Waals surface area contributed by atoms with Crippen LogP contribution in [0.5, 0.6) is 11.5 Å². The maximum atomic E-state index is 5.20. The molecule has 0 aliphatic rings. The van der Waals surface area contributed by atoms with E-state index in [-0.39, 0.29) is 0 Å². The van der Waals surface area contributed by atoms with Crippen molar-refractivity contribution in [3.63, 3.8) is 0 Å². The highest BCUT2D eigenvalue weighted by Crippen LogP contribution is 2.24. The molecule has 0 heterocycles. The van der Waals surface area contributed by atoms with Crippen molar-refractivity contribution >= 4 is 0 Å². The fourth-order valence-electron chi connectivity index (χ4n) is 1.14. The summed E-state index contributed by atoms with van der Waals surface area (Å²) in [5.41, 5.74) is 1.21. The van der Waals surface area contributed by atoms with Gasteiger partial charge in [0, 0.05) is 6.07 Å². The lowest BCUT2D eigenvalue weighted by atomic mass is 10.1. The van der Waals surface area contributed by atoms with Crippen LogP contribution in [0.25, 0.3) is 0 Å². The van der Waals surface area contributed by atoms with Gasteiger partial charge < -0.3 is 9.47 Å². The summed E-state index contributed by atoms with van der Waals surface area (Å²) in [4.78, 5) is 0. The molecule has 0 unspecified atom stereocenters. The van der Waals surface area contributed by atoms with Crippen LogP contribution >= 0.6 is 0 Å². The van der Waals surface area contributed by atoms with Gasteiger partial charge in [-0.25, -0.2) is 0 Å². The number of methoxy groups -OCH3 is 2. The molecular weight excluding hydrogens is 188 g/mol. The zero-order valence-corrected chi connectivity index (χ0v) is 10.5. The Morgan fingerprint density at radius 1 is 1.00 bits per heavy atom. The maximum Gasteiger partial charge on any atom is 0.125 e. The van der Waals surface area contributed by atoms with Crippen LogP contribution in [0.1, 0.15) is 32.8 Å². The summed E-state index contributed by atoms with van der Waals surface area (Å²) in [5.74, 6) is 1.74. The summed E-state index contributed by atoms with van der Waals surface area (Å²) in [6.45, 7) is 6.35. The molecule has 0 amide bonds. The average Bonchev–Trinajstić information content (AvgIpc) is 2.29. The predicted molar refractivity (Wildman–Crippen MR) is 64.9 cm³/mol. The van der Waals surface area contributed by atoms with Gasteiger partial charge in [-0.05, 0) is 18.1 Å². The zero-order chi connectivity index (χ0) is 11.7. The van der Waals surface area contributed by atoms with Gasteiger partial charge in [0.25, 0.3) is 0 Å². The second kappa shape index (κ2) is 8.16. The van der Waals surface area contributed by atoms with Crippen molar-refractivity contribution in [1.29, 1.82) is 0 Å². The number of benzene rings is 1. The lowest BCUT2D eigenvalue weighted by molar-refractivity contribution is 0.391. The number of hydrogen-bond acceptors (Lipinski definition) is 2. The Kier molecular flexibility index (Phi) is 7.51. The summed E-state index contributed by atoms with van der Waals surface area (Å²) in [5, 5.41) is 0. The second-order valence-electron chi connectivity index (χ2n) is 3.24. The Morgan fingerprint density at radius 2 is 1.60 bits per heavy atom. The van der Waals surface area contributed by atoms with Crippen LogP contribution in [-0.2, 0) is 6.42 Å². The molecule has 0 spiro atoms. The van der Waals surface area contributed by atoms with Crippen molar-refractivity contribution in [2.24, 2.45) is 0 Å². The minimum Gasteiger partial charge on any atom is -0.497 e. The largest absolute Gasteiger partial charge is 0.497 e. The summed E-state index contributed by atoms with van der Waals surface area (Å²) in [6, 6.07) is 5.87. The van der Waals surface area contributed by atoms with Crippen molar-refractivity contribution in [3.8, 4) is 11.5 Å². The molecule has 0 saturated carbocycles. The lowest BCUT2D eigenvalue weighted by Gasteiger charge is -2.07. The molecule has 0 aromatic heterocycles. The van der Waals surface area contributed by atoms with Crippen LogP contribution < -0.4 is 9.47 Å². The highest BCUT2D eigenvalue weighted by molar-refractivity contribution is 5.40. The molecule has 1 rings (SSSR count). The van der Waals surface area contributed by atoms with E-state index < -0.39 is 0 Å². The number of hydrogen-bond donors (Lipinski definition) is 0. The SMILES string of the molecule is CCC.CCc1ccc(OC)cc1OC. The van der Waals surface area contributed by atoms with Crippen LogP contribution in [0.2, 0.25) is 0 Å². The average molecular weight is 210 g/mol. The lowest BCUT2D eigenvalue weighted by Crippen LogP contribution is -1.91. The standard InChI is InChI=1S/C10H14O2.C3H8/c1-4-8-5-6-9(11-2)7-10(8)12-3;1-3-2/h5-7H,4H2,1-3H3;3H2,1-2H3. The van der Waals surface area contributed by atoms with E-state index >= 15 is 0 Å². The molecule has 86 valence electrons. The van der Waals surface area contributed by atoms with Gasteiger partial charge in [0.05, 0.1) is 14.2 Å². The molecule has 2 nitrogen and oxygen atoms in total. The third kappa shape index (κ3) is 4.73. The molecule has 0 aliphatic carbocycles. The summed E-state index contributed by atoms with van der Waals surface area (Å²) < 4.78 is 10.3. The smallest absolute Gasteiger partial charge is 0.125 e. The molecule has 0 fully saturated rings. The quantitative estimate of drug-likeness (QED) is 0.757. The van der Waals surface area contributed by atoms with Crippen molar-refractivity contribution in [2.75, 3.05) is 14.2 Å². The third-order valence-corrected chi connectivity index (χ3v) is 1.88. The van der Waals surface area contributed by atoms with Gasteiger partial charge in [-0.15, -0.1) is 0 Å². The molecule has 1 aromatic rings. The molecular formula is C13H22O2. The predicted octanol–water partition coefficient (Wildman–Crippen LogP) is 3.68. The fraction of sp³-hybridized carbons (Fsp3) is 0.538.